The summed E-state index contributed by atoms with van der Waals surface area (Å²) in [4.78, 5) is 14.4. The highest BCUT2D eigenvalue weighted by Gasteiger charge is 2.27. The molecule has 3 nitrogen and oxygen atoms in total. The number of hydrogen-bond acceptors (Lipinski definition) is 2. The van der Waals surface area contributed by atoms with Gasteiger partial charge >= 0.3 is 0 Å². The van der Waals surface area contributed by atoms with E-state index in [0.717, 1.165) is 24.1 Å². The highest BCUT2D eigenvalue weighted by atomic mass is 16.2. The highest BCUT2D eigenvalue weighted by Crippen LogP contribution is 2.30. The van der Waals surface area contributed by atoms with Crippen molar-refractivity contribution in [3.05, 3.63) is 35.4 Å². The third-order valence-electron chi connectivity index (χ3n) is 3.41. The van der Waals surface area contributed by atoms with Crippen molar-refractivity contribution in [3.63, 3.8) is 0 Å². The summed E-state index contributed by atoms with van der Waals surface area (Å²) in [5, 5.41) is 0. The maximum atomic E-state index is 12.6. The van der Waals surface area contributed by atoms with Crippen molar-refractivity contribution in [2.45, 2.75) is 19.3 Å². The molecule has 1 saturated carbocycles. The summed E-state index contributed by atoms with van der Waals surface area (Å²) in [7, 11) is 0. The molecule has 1 amide bonds. The number of rotatable bonds is 6. The first-order valence-electron chi connectivity index (χ1n) is 6.77. The van der Waals surface area contributed by atoms with Crippen molar-refractivity contribution in [2.75, 3.05) is 19.6 Å². The fraction of sp³-hybridized carbons (Fsp3) is 0.438. The molecular weight excluding hydrogens is 236 g/mol. The van der Waals surface area contributed by atoms with Crippen LogP contribution in [0.15, 0.2) is 24.3 Å². The average molecular weight is 256 g/mol. The number of terminal acetylenes is 1. The van der Waals surface area contributed by atoms with Gasteiger partial charge in [0.25, 0.3) is 5.91 Å². The van der Waals surface area contributed by atoms with Gasteiger partial charge in [-0.25, -0.2) is 0 Å². The summed E-state index contributed by atoms with van der Waals surface area (Å²) >= 11 is 0. The van der Waals surface area contributed by atoms with Crippen LogP contribution in [0.3, 0.4) is 0 Å². The minimum absolute atomic E-state index is 0.0360. The van der Waals surface area contributed by atoms with E-state index in [-0.39, 0.29) is 5.91 Å². The number of benzene rings is 1. The summed E-state index contributed by atoms with van der Waals surface area (Å²) in [5.74, 6) is 3.26. The van der Waals surface area contributed by atoms with E-state index >= 15 is 0 Å². The molecule has 0 heterocycles. The molecule has 0 bridgehead atoms. The van der Waals surface area contributed by atoms with Crippen molar-refractivity contribution in [2.24, 2.45) is 11.7 Å². The summed E-state index contributed by atoms with van der Waals surface area (Å²) in [6.45, 7) is 1.70. The molecule has 100 valence electrons. The lowest BCUT2D eigenvalue weighted by Gasteiger charge is -2.21. The van der Waals surface area contributed by atoms with Crippen molar-refractivity contribution >= 4 is 5.91 Å². The summed E-state index contributed by atoms with van der Waals surface area (Å²) in [5.41, 5.74) is 7.34. The Bertz CT molecular complexity index is 486. The molecule has 19 heavy (non-hydrogen) atoms. The molecule has 1 aliphatic rings. The Morgan fingerprint density at radius 1 is 1.42 bits per heavy atom. The van der Waals surface area contributed by atoms with Crippen LogP contribution in [0, 0.1) is 18.3 Å². The first kappa shape index (κ1) is 13.6. The molecule has 0 unspecified atom stereocenters. The monoisotopic (exact) mass is 256 g/mol. The standard InChI is InChI=1S/C16H20N2O/c1-2-11-18(12-13-7-8-13)16(19)15-6-4-3-5-14(15)9-10-17/h1,3-6,13H,7-12,17H2. The van der Waals surface area contributed by atoms with E-state index in [1.165, 1.54) is 12.8 Å². The number of amides is 1. The normalized spacial score (nSPS) is 13.9. The lowest BCUT2D eigenvalue weighted by molar-refractivity contribution is 0.0768. The molecule has 1 aromatic carbocycles. The molecular formula is C16H20N2O. The van der Waals surface area contributed by atoms with Crippen LogP contribution in [0.1, 0.15) is 28.8 Å². The summed E-state index contributed by atoms with van der Waals surface area (Å²) < 4.78 is 0. The van der Waals surface area contributed by atoms with Crippen LogP contribution in [-0.4, -0.2) is 30.4 Å². The number of hydrogen-bond donors (Lipinski definition) is 1. The third kappa shape index (κ3) is 3.59. The van der Waals surface area contributed by atoms with Gasteiger partial charge in [-0.2, -0.15) is 0 Å². The van der Waals surface area contributed by atoms with E-state index in [2.05, 4.69) is 5.92 Å². The second kappa shape index (κ2) is 6.40. The van der Waals surface area contributed by atoms with Gasteiger partial charge in [-0.3, -0.25) is 4.79 Å². The summed E-state index contributed by atoms with van der Waals surface area (Å²) in [6, 6.07) is 7.65. The maximum Gasteiger partial charge on any atom is 0.254 e. The number of carbonyl (C=O) groups is 1. The Kier molecular flexibility index (Phi) is 4.59. The SMILES string of the molecule is C#CCN(CC1CC1)C(=O)c1ccccc1CCN. The topological polar surface area (TPSA) is 46.3 Å². The van der Waals surface area contributed by atoms with E-state index in [0.29, 0.717) is 19.0 Å². The Labute approximate surface area is 114 Å². The lowest BCUT2D eigenvalue weighted by Crippen LogP contribution is -2.34. The van der Waals surface area contributed by atoms with Gasteiger partial charge in [0.15, 0.2) is 0 Å². The van der Waals surface area contributed by atoms with Gasteiger partial charge in [0.2, 0.25) is 0 Å². The average Bonchev–Trinajstić information content (AvgIpc) is 3.22. The van der Waals surface area contributed by atoms with Gasteiger partial charge in [0.05, 0.1) is 6.54 Å². The minimum atomic E-state index is 0.0360. The second-order valence-electron chi connectivity index (χ2n) is 5.03. The molecule has 0 aliphatic heterocycles. The molecule has 1 aromatic rings. The van der Waals surface area contributed by atoms with Gasteiger partial charge in [0, 0.05) is 12.1 Å². The number of nitrogens with two attached hydrogens (primary N) is 1. The van der Waals surface area contributed by atoms with E-state index in [4.69, 9.17) is 12.2 Å². The van der Waals surface area contributed by atoms with Crippen molar-refractivity contribution in [1.82, 2.24) is 4.90 Å². The molecule has 0 saturated heterocycles. The van der Waals surface area contributed by atoms with Gasteiger partial charge in [-0.15, -0.1) is 6.42 Å². The third-order valence-corrected chi connectivity index (χ3v) is 3.41. The molecule has 0 atom stereocenters. The molecule has 2 rings (SSSR count). The largest absolute Gasteiger partial charge is 0.330 e. The van der Waals surface area contributed by atoms with Crippen LogP contribution in [0.25, 0.3) is 0 Å². The minimum Gasteiger partial charge on any atom is -0.330 e. The molecule has 3 heteroatoms. The van der Waals surface area contributed by atoms with E-state index in [1.807, 2.05) is 24.3 Å². The zero-order valence-electron chi connectivity index (χ0n) is 11.1. The lowest BCUT2D eigenvalue weighted by atomic mass is 10.0. The van der Waals surface area contributed by atoms with Gasteiger partial charge in [0.1, 0.15) is 0 Å². The Hall–Kier alpha value is -1.79. The first-order chi connectivity index (χ1) is 9.26. The van der Waals surface area contributed by atoms with Gasteiger partial charge < -0.3 is 10.6 Å². The van der Waals surface area contributed by atoms with Crippen LogP contribution in [-0.2, 0) is 6.42 Å². The fourth-order valence-electron chi connectivity index (χ4n) is 2.21. The molecule has 1 fully saturated rings. The second-order valence-corrected chi connectivity index (χ2v) is 5.03. The highest BCUT2D eigenvalue weighted by molar-refractivity contribution is 5.95. The predicted octanol–water partition coefficient (Wildman–Crippen LogP) is 1.67. The van der Waals surface area contributed by atoms with Crippen LogP contribution in [0.5, 0.6) is 0 Å². The smallest absolute Gasteiger partial charge is 0.254 e. The Morgan fingerprint density at radius 3 is 2.79 bits per heavy atom. The van der Waals surface area contributed by atoms with E-state index in [1.54, 1.807) is 4.90 Å². The van der Waals surface area contributed by atoms with Crippen LogP contribution in [0.2, 0.25) is 0 Å². The van der Waals surface area contributed by atoms with E-state index in [9.17, 15) is 4.79 Å². The molecule has 0 radical (unpaired) electrons. The van der Waals surface area contributed by atoms with Crippen LogP contribution < -0.4 is 5.73 Å². The Balaban J connectivity index is 2.17. The zero-order valence-corrected chi connectivity index (χ0v) is 11.1. The maximum absolute atomic E-state index is 12.6. The molecule has 0 aromatic heterocycles. The summed E-state index contributed by atoms with van der Waals surface area (Å²) in [6.07, 6.45) is 8.51. The van der Waals surface area contributed by atoms with Crippen molar-refractivity contribution < 1.29 is 4.79 Å². The van der Waals surface area contributed by atoms with Crippen LogP contribution in [0.4, 0.5) is 0 Å². The number of nitrogens with zero attached hydrogens (tertiary/aromatic N) is 1. The van der Waals surface area contributed by atoms with Crippen molar-refractivity contribution in [3.8, 4) is 12.3 Å². The molecule has 0 spiro atoms. The zero-order chi connectivity index (χ0) is 13.7. The van der Waals surface area contributed by atoms with E-state index < -0.39 is 0 Å². The Morgan fingerprint density at radius 2 is 2.16 bits per heavy atom. The van der Waals surface area contributed by atoms with Crippen molar-refractivity contribution in [1.29, 1.82) is 0 Å². The van der Waals surface area contributed by atoms with Crippen LogP contribution >= 0.6 is 0 Å². The molecule has 2 N–H and O–H groups in total. The van der Waals surface area contributed by atoms with Gasteiger partial charge in [-0.1, -0.05) is 24.1 Å². The number of carbonyl (C=O) groups excluding carboxylic acids is 1. The molecule has 1 aliphatic carbocycles. The quantitative estimate of drug-likeness (QED) is 0.787. The first-order valence-corrected chi connectivity index (χ1v) is 6.77. The predicted molar refractivity (Wildman–Crippen MR) is 76.7 cm³/mol. The van der Waals surface area contributed by atoms with Gasteiger partial charge in [-0.05, 0) is 43.4 Å². The fourth-order valence-corrected chi connectivity index (χ4v) is 2.21.